The van der Waals surface area contributed by atoms with Crippen LogP contribution in [0.15, 0.2) is 84.9 Å². The number of benzene rings is 6. The van der Waals surface area contributed by atoms with E-state index in [1.165, 1.54) is 65.0 Å². The molecule has 0 saturated carbocycles. The molecule has 0 bridgehead atoms. The monoisotopic (exact) mass is 412 g/mol. The van der Waals surface area contributed by atoms with Gasteiger partial charge in [0.2, 0.25) is 0 Å². The third kappa shape index (κ3) is 2.98. The molecule has 6 rings (SSSR count). The lowest BCUT2D eigenvalue weighted by atomic mass is 9.87. The Morgan fingerprint density at radius 3 is 1.03 bits per heavy atom. The van der Waals surface area contributed by atoms with Gasteiger partial charge in [-0.1, -0.05) is 64.1 Å². The summed E-state index contributed by atoms with van der Waals surface area (Å²) in [7, 11) is 0. The van der Waals surface area contributed by atoms with Gasteiger partial charge in [-0.3, -0.25) is 0 Å². The van der Waals surface area contributed by atoms with Crippen molar-refractivity contribution in [2.75, 3.05) is 0 Å². The summed E-state index contributed by atoms with van der Waals surface area (Å²) in [6.45, 7) is 9.19. The molecule has 6 aromatic carbocycles. The summed E-state index contributed by atoms with van der Waals surface area (Å²) in [4.78, 5) is 0. The van der Waals surface area contributed by atoms with E-state index in [-0.39, 0.29) is 0 Å². The molecule has 0 aliphatic rings. The summed E-state index contributed by atoms with van der Waals surface area (Å²) in [5.41, 5.74) is 2.88. The van der Waals surface area contributed by atoms with Crippen LogP contribution in [0.25, 0.3) is 53.9 Å². The van der Waals surface area contributed by atoms with Crippen LogP contribution in [0.4, 0.5) is 0 Å². The molecule has 0 heteroatoms. The molecule has 0 aliphatic carbocycles. The van der Waals surface area contributed by atoms with Gasteiger partial charge in [-0.15, -0.1) is 0 Å². The average Bonchev–Trinajstić information content (AvgIpc) is 2.77. The van der Waals surface area contributed by atoms with Gasteiger partial charge in [0, 0.05) is 0 Å². The summed E-state index contributed by atoms with van der Waals surface area (Å²) < 4.78 is 0. The van der Waals surface area contributed by atoms with Gasteiger partial charge >= 0.3 is 0 Å². The van der Waals surface area contributed by atoms with Gasteiger partial charge < -0.3 is 0 Å². The fraction of sp³-hybridized carbons (Fsp3) is 0.188. The highest BCUT2D eigenvalue weighted by Crippen LogP contribution is 2.37. The molecule has 0 nitrogen and oxygen atoms in total. The first-order valence-corrected chi connectivity index (χ1v) is 11.7. The van der Waals surface area contributed by atoms with Crippen molar-refractivity contribution < 1.29 is 0 Å². The standard InChI is InChI=1S/C32H28/c1-19(2)29-9-10-30(20(3)4)32-18-28-16-26-14-24-12-22-8-6-5-7-21(22)11-23(24)13-25(26)15-27(28)17-31(29)32/h5-20H,1-4H3. The van der Waals surface area contributed by atoms with Crippen LogP contribution in [-0.2, 0) is 0 Å². The lowest BCUT2D eigenvalue weighted by molar-refractivity contribution is 0.859. The first-order valence-electron chi connectivity index (χ1n) is 11.7. The topological polar surface area (TPSA) is 0 Å². The Kier molecular flexibility index (Phi) is 4.27. The van der Waals surface area contributed by atoms with Crippen molar-refractivity contribution in [3.05, 3.63) is 96.1 Å². The van der Waals surface area contributed by atoms with Crippen LogP contribution in [0.5, 0.6) is 0 Å². The minimum Gasteiger partial charge on any atom is -0.0616 e. The number of rotatable bonds is 2. The summed E-state index contributed by atoms with van der Waals surface area (Å²) in [5, 5.41) is 13.3. The predicted octanol–water partition coefficient (Wildman–Crippen LogP) is 9.70. The van der Waals surface area contributed by atoms with E-state index in [0.29, 0.717) is 11.8 Å². The zero-order valence-corrected chi connectivity index (χ0v) is 19.2. The summed E-state index contributed by atoms with van der Waals surface area (Å²) in [6, 6.07) is 32.3. The molecule has 0 N–H and O–H groups in total. The van der Waals surface area contributed by atoms with E-state index in [0.717, 1.165) is 0 Å². The molecule has 0 heterocycles. The molecule has 0 radical (unpaired) electrons. The molecule has 0 unspecified atom stereocenters. The van der Waals surface area contributed by atoms with Crippen LogP contribution in [0.2, 0.25) is 0 Å². The Balaban J connectivity index is 1.68. The van der Waals surface area contributed by atoms with E-state index >= 15 is 0 Å². The molecule has 0 atom stereocenters. The molecular formula is C32H28. The lowest BCUT2D eigenvalue weighted by Gasteiger charge is -2.17. The van der Waals surface area contributed by atoms with Crippen molar-refractivity contribution in [1.82, 2.24) is 0 Å². The quantitative estimate of drug-likeness (QED) is 0.248. The van der Waals surface area contributed by atoms with Gasteiger partial charge in [0.15, 0.2) is 0 Å². The van der Waals surface area contributed by atoms with Crippen LogP contribution in [0.3, 0.4) is 0 Å². The number of hydrogen-bond donors (Lipinski definition) is 0. The maximum atomic E-state index is 2.43. The third-order valence-electron chi connectivity index (χ3n) is 7.06. The van der Waals surface area contributed by atoms with Gasteiger partial charge in [0.1, 0.15) is 0 Å². The van der Waals surface area contributed by atoms with Crippen LogP contribution in [0, 0.1) is 0 Å². The minimum atomic E-state index is 0.508. The summed E-state index contributed by atoms with van der Waals surface area (Å²) in [5.74, 6) is 1.02. The second-order valence-electron chi connectivity index (χ2n) is 9.90. The molecule has 6 aromatic rings. The molecule has 0 aliphatic heterocycles. The van der Waals surface area contributed by atoms with Crippen LogP contribution >= 0.6 is 0 Å². The van der Waals surface area contributed by atoms with Crippen molar-refractivity contribution in [3.63, 3.8) is 0 Å². The van der Waals surface area contributed by atoms with Gasteiger partial charge in [-0.2, -0.15) is 0 Å². The van der Waals surface area contributed by atoms with Crippen molar-refractivity contribution in [2.24, 2.45) is 0 Å². The summed E-state index contributed by atoms with van der Waals surface area (Å²) in [6.07, 6.45) is 0. The Morgan fingerprint density at radius 1 is 0.375 bits per heavy atom. The Morgan fingerprint density at radius 2 is 0.688 bits per heavy atom. The SMILES string of the molecule is CC(C)c1ccc(C(C)C)c2cc3cc4cc5cc6ccccc6cc5cc4cc3cc12. The van der Waals surface area contributed by atoms with Gasteiger partial charge in [-0.25, -0.2) is 0 Å². The van der Waals surface area contributed by atoms with E-state index in [2.05, 4.69) is 113 Å². The minimum absolute atomic E-state index is 0.508. The fourth-order valence-corrected chi connectivity index (χ4v) is 5.34. The van der Waals surface area contributed by atoms with E-state index in [1.54, 1.807) is 0 Å². The third-order valence-corrected chi connectivity index (χ3v) is 7.06. The maximum absolute atomic E-state index is 2.43. The zero-order chi connectivity index (χ0) is 22.0. The summed E-state index contributed by atoms with van der Waals surface area (Å²) >= 11 is 0. The van der Waals surface area contributed by atoms with Crippen LogP contribution in [-0.4, -0.2) is 0 Å². The maximum Gasteiger partial charge on any atom is -0.0140 e. The Labute approximate surface area is 189 Å². The molecule has 0 saturated heterocycles. The van der Waals surface area contributed by atoms with Gasteiger partial charge in [0.25, 0.3) is 0 Å². The largest absolute Gasteiger partial charge is 0.0616 e. The van der Waals surface area contributed by atoms with Crippen molar-refractivity contribution >= 4 is 53.9 Å². The zero-order valence-electron chi connectivity index (χ0n) is 19.2. The first kappa shape index (κ1) is 19.3. The number of fused-ring (bicyclic) bond motifs is 5. The van der Waals surface area contributed by atoms with Crippen molar-refractivity contribution in [1.29, 1.82) is 0 Å². The Bertz CT molecular complexity index is 1540. The fourth-order valence-electron chi connectivity index (χ4n) is 5.34. The van der Waals surface area contributed by atoms with Crippen molar-refractivity contribution in [3.8, 4) is 0 Å². The smallest absolute Gasteiger partial charge is 0.0140 e. The highest BCUT2D eigenvalue weighted by Gasteiger charge is 2.13. The Hall–Kier alpha value is -3.38. The van der Waals surface area contributed by atoms with E-state index in [1.807, 2.05) is 0 Å². The predicted molar refractivity (Wildman–Crippen MR) is 142 cm³/mol. The normalized spacial score (nSPS) is 12.3. The number of hydrogen-bond acceptors (Lipinski definition) is 0. The second kappa shape index (κ2) is 7.07. The lowest BCUT2D eigenvalue weighted by Crippen LogP contribution is -1.95. The van der Waals surface area contributed by atoms with Crippen molar-refractivity contribution in [2.45, 2.75) is 39.5 Å². The van der Waals surface area contributed by atoms with Crippen LogP contribution in [0.1, 0.15) is 50.7 Å². The van der Waals surface area contributed by atoms with Gasteiger partial charge in [0.05, 0.1) is 0 Å². The highest BCUT2D eigenvalue weighted by atomic mass is 14.2. The molecule has 0 amide bonds. The van der Waals surface area contributed by atoms with Gasteiger partial charge in [-0.05, 0) is 125 Å². The highest BCUT2D eigenvalue weighted by molar-refractivity contribution is 6.10. The van der Waals surface area contributed by atoms with E-state index < -0.39 is 0 Å². The molecule has 156 valence electrons. The van der Waals surface area contributed by atoms with Crippen LogP contribution < -0.4 is 0 Å². The molecule has 32 heavy (non-hydrogen) atoms. The molecular weight excluding hydrogens is 384 g/mol. The van der Waals surface area contributed by atoms with E-state index in [9.17, 15) is 0 Å². The first-order chi connectivity index (χ1) is 15.5. The second-order valence-corrected chi connectivity index (χ2v) is 9.90. The molecule has 0 spiro atoms. The molecule has 0 aromatic heterocycles. The molecule has 0 fully saturated rings. The van der Waals surface area contributed by atoms with E-state index in [4.69, 9.17) is 0 Å². The average molecular weight is 413 g/mol.